The van der Waals surface area contributed by atoms with Gasteiger partial charge in [0, 0.05) is 37.9 Å². The maximum absolute atomic E-state index is 13.1. The van der Waals surface area contributed by atoms with Crippen molar-refractivity contribution in [1.82, 2.24) is 10.2 Å². The topological polar surface area (TPSA) is 97.0 Å². The fourth-order valence-electron chi connectivity index (χ4n) is 4.34. The second kappa shape index (κ2) is 10.1. The zero-order valence-electron chi connectivity index (χ0n) is 18.9. The van der Waals surface area contributed by atoms with E-state index in [1.165, 1.54) is 19.2 Å². The molecule has 0 aromatic heterocycles. The molecule has 0 unspecified atom stereocenters. The summed E-state index contributed by atoms with van der Waals surface area (Å²) in [6, 6.07) is 13.5. The molecule has 1 saturated carbocycles. The van der Waals surface area contributed by atoms with Crippen LogP contribution in [0, 0.1) is 0 Å². The van der Waals surface area contributed by atoms with Gasteiger partial charge in [-0.3, -0.25) is 14.4 Å². The van der Waals surface area contributed by atoms with Gasteiger partial charge in [-0.2, -0.15) is 0 Å². The Hall–Kier alpha value is -2.62. The fraction of sp³-hybridized carbons (Fsp3) is 0.458. The number of morpholine rings is 1. The molecule has 178 valence electrons. The van der Waals surface area contributed by atoms with Crippen molar-refractivity contribution in [3.8, 4) is 5.75 Å². The van der Waals surface area contributed by atoms with Gasteiger partial charge in [0.1, 0.15) is 5.75 Å². The molecule has 0 spiro atoms. The Balaban J connectivity index is 1.40. The summed E-state index contributed by atoms with van der Waals surface area (Å²) in [7, 11) is -2.25. The highest BCUT2D eigenvalue weighted by Crippen LogP contribution is 2.44. The van der Waals surface area contributed by atoms with E-state index in [-0.39, 0.29) is 10.8 Å². The summed E-state index contributed by atoms with van der Waals surface area (Å²) in [6.07, 6.45) is 2.59. The summed E-state index contributed by atoms with van der Waals surface area (Å²) in [4.78, 5) is 15.5. The number of nitrogens with zero attached hydrogens (tertiary/aromatic N) is 1. The van der Waals surface area contributed by atoms with Crippen LogP contribution in [0.4, 0.5) is 5.69 Å². The minimum Gasteiger partial charge on any atom is -0.497 e. The number of methoxy groups -OCH3 is 1. The Labute approximate surface area is 195 Å². The van der Waals surface area contributed by atoms with Crippen LogP contribution in [0.5, 0.6) is 5.75 Å². The van der Waals surface area contributed by atoms with Gasteiger partial charge in [0.25, 0.3) is 10.0 Å². The molecule has 2 aliphatic rings. The van der Waals surface area contributed by atoms with Crippen LogP contribution in [0.25, 0.3) is 0 Å². The number of hydrogen-bond acceptors (Lipinski definition) is 6. The maximum atomic E-state index is 13.1. The summed E-state index contributed by atoms with van der Waals surface area (Å²) in [5.74, 6) is 0.520. The van der Waals surface area contributed by atoms with Crippen molar-refractivity contribution in [3.05, 3.63) is 54.1 Å². The molecule has 0 atom stereocenters. The van der Waals surface area contributed by atoms with Gasteiger partial charge in [-0.05, 0) is 42.7 Å². The number of hydrogen-bond donors (Lipinski definition) is 2. The highest BCUT2D eigenvalue weighted by Gasteiger charge is 2.45. The molecular weight excluding hydrogens is 442 g/mol. The van der Waals surface area contributed by atoms with Crippen LogP contribution < -0.4 is 14.8 Å². The average Bonchev–Trinajstić information content (AvgIpc) is 2.80. The van der Waals surface area contributed by atoms with Crippen molar-refractivity contribution in [2.24, 2.45) is 0 Å². The number of carbonyl (C=O) groups excluding carboxylic acids is 1. The van der Waals surface area contributed by atoms with E-state index in [0.717, 1.165) is 57.7 Å². The quantitative estimate of drug-likeness (QED) is 0.580. The highest BCUT2D eigenvalue weighted by molar-refractivity contribution is 7.92. The first-order valence-corrected chi connectivity index (χ1v) is 12.8. The zero-order chi connectivity index (χ0) is 23.3. The Morgan fingerprint density at radius 3 is 2.48 bits per heavy atom. The second-order valence-corrected chi connectivity index (χ2v) is 10.2. The number of nitrogens with one attached hydrogen (secondary N) is 2. The van der Waals surface area contributed by atoms with Gasteiger partial charge in [0.05, 0.1) is 30.6 Å². The van der Waals surface area contributed by atoms with Crippen LogP contribution in [0.1, 0.15) is 24.8 Å². The van der Waals surface area contributed by atoms with Crippen LogP contribution in [0.15, 0.2) is 53.4 Å². The number of amides is 1. The van der Waals surface area contributed by atoms with Crippen LogP contribution in [0.3, 0.4) is 0 Å². The molecule has 2 aromatic rings. The SMILES string of the molecule is COc1cccc(S(=O)(=O)Nc2ccc(C3(C(=O)NCCN4CCOCC4)CCC3)cc2)c1. The van der Waals surface area contributed by atoms with Crippen LogP contribution in [0.2, 0.25) is 0 Å². The summed E-state index contributed by atoms with van der Waals surface area (Å²) < 4.78 is 38.5. The van der Waals surface area contributed by atoms with Crippen molar-refractivity contribution < 1.29 is 22.7 Å². The summed E-state index contributed by atoms with van der Waals surface area (Å²) >= 11 is 0. The smallest absolute Gasteiger partial charge is 0.262 e. The first-order valence-electron chi connectivity index (χ1n) is 11.3. The molecule has 4 rings (SSSR count). The van der Waals surface area contributed by atoms with Crippen LogP contribution in [-0.2, 0) is 25.0 Å². The van der Waals surface area contributed by atoms with Crippen molar-refractivity contribution in [2.75, 3.05) is 51.2 Å². The van der Waals surface area contributed by atoms with Crippen molar-refractivity contribution in [3.63, 3.8) is 0 Å². The first kappa shape index (κ1) is 23.5. The van der Waals surface area contributed by atoms with Gasteiger partial charge in [0.2, 0.25) is 5.91 Å². The van der Waals surface area contributed by atoms with Gasteiger partial charge in [-0.1, -0.05) is 24.6 Å². The maximum Gasteiger partial charge on any atom is 0.262 e. The molecule has 33 heavy (non-hydrogen) atoms. The lowest BCUT2D eigenvalue weighted by molar-refractivity contribution is -0.130. The van der Waals surface area contributed by atoms with E-state index in [9.17, 15) is 13.2 Å². The molecule has 0 bridgehead atoms. The van der Waals surface area contributed by atoms with E-state index in [1.807, 2.05) is 12.1 Å². The number of benzene rings is 2. The Kier molecular flexibility index (Phi) is 7.21. The zero-order valence-corrected chi connectivity index (χ0v) is 19.7. The van der Waals surface area contributed by atoms with Crippen LogP contribution in [-0.4, -0.2) is 65.7 Å². The third-order valence-electron chi connectivity index (χ3n) is 6.50. The summed E-state index contributed by atoms with van der Waals surface area (Å²) in [6.45, 7) is 4.70. The van der Waals surface area contributed by atoms with Gasteiger partial charge in [0.15, 0.2) is 0 Å². The number of rotatable bonds is 9. The summed E-state index contributed by atoms with van der Waals surface area (Å²) in [5, 5.41) is 3.11. The molecule has 2 fully saturated rings. The predicted molar refractivity (Wildman–Crippen MR) is 126 cm³/mol. The van der Waals surface area contributed by atoms with E-state index < -0.39 is 15.4 Å². The molecule has 1 amide bonds. The molecule has 0 radical (unpaired) electrons. The lowest BCUT2D eigenvalue weighted by Gasteiger charge is -2.41. The Morgan fingerprint density at radius 2 is 1.85 bits per heavy atom. The minimum atomic E-state index is -3.75. The van der Waals surface area contributed by atoms with Crippen molar-refractivity contribution >= 4 is 21.6 Å². The van der Waals surface area contributed by atoms with Gasteiger partial charge >= 0.3 is 0 Å². The normalized spacial score (nSPS) is 18.2. The minimum absolute atomic E-state index is 0.0479. The van der Waals surface area contributed by atoms with Gasteiger partial charge < -0.3 is 14.8 Å². The number of ether oxygens (including phenoxy) is 2. The van der Waals surface area contributed by atoms with E-state index >= 15 is 0 Å². The molecule has 1 aliphatic carbocycles. The molecule has 9 heteroatoms. The molecule has 1 saturated heterocycles. The molecule has 1 heterocycles. The molecule has 1 aliphatic heterocycles. The molecular formula is C24H31N3O5S. The third-order valence-corrected chi connectivity index (χ3v) is 7.88. The fourth-order valence-corrected chi connectivity index (χ4v) is 5.43. The highest BCUT2D eigenvalue weighted by atomic mass is 32.2. The Bertz CT molecular complexity index is 1060. The van der Waals surface area contributed by atoms with Gasteiger partial charge in [-0.15, -0.1) is 0 Å². The number of sulfonamides is 1. The summed E-state index contributed by atoms with van der Waals surface area (Å²) in [5.41, 5.74) is 0.834. The lowest BCUT2D eigenvalue weighted by Crippen LogP contribution is -2.51. The molecule has 2 aromatic carbocycles. The standard InChI is InChI=1S/C24H31N3O5S/c1-31-21-4-2-5-22(18-21)33(29,30)26-20-8-6-19(7-9-20)24(10-3-11-24)23(28)25-12-13-27-14-16-32-17-15-27/h2,4-9,18,26H,3,10-17H2,1H3,(H,25,28). The van der Waals surface area contributed by atoms with E-state index in [1.54, 1.807) is 24.3 Å². The van der Waals surface area contributed by atoms with Crippen LogP contribution >= 0.6 is 0 Å². The monoisotopic (exact) mass is 473 g/mol. The van der Waals surface area contributed by atoms with E-state index in [2.05, 4.69) is 14.9 Å². The first-order chi connectivity index (χ1) is 15.9. The third kappa shape index (κ3) is 5.31. The Morgan fingerprint density at radius 1 is 1.12 bits per heavy atom. The predicted octanol–water partition coefficient (Wildman–Crippen LogP) is 2.37. The van der Waals surface area contributed by atoms with Crippen molar-refractivity contribution in [2.45, 2.75) is 29.6 Å². The molecule has 8 nitrogen and oxygen atoms in total. The van der Waals surface area contributed by atoms with Gasteiger partial charge in [-0.25, -0.2) is 8.42 Å². The van der Waals surface area contributed by atoms with E-state index in [0.29, 0.717) is 18.0 Å². The largest absolute Gasteiger partial charge is 0.497 e. The number of anilines is 1. The average molecular weight is 474 g/mol. The second-order valence-electron chi connectivity index (χ2n) is 8.51. The van der Waals surface area contributed by atoms with E-state index in [4.69, 9.17) is 9.47 Å². The lowest BCUT2D eigenvalue weighted by atomic mass is 9.64. The number of carbonyl (C=O) groups is 1. The molecule has 2 N–H and O–H groups in total. The van der Waals surface area contributed by atoms with Crippen molar-refractivity contribution in [1.29, 1.82) is 0 Å².